The van der Waals surface area contributed by atoms with Gasteiger partial charge in [0.25, 0.3) is 0 Å². The molecular weight excluding hydrogens is 401 g/mol. The van der Waals surface area contributed by atoms with Crippen LogP contribution in [0, 0.1) is 5.82 Å². The minimum absolute atomic E-state index is 0.0748. The zero-order chi connectivity index (χ0) is 17.7. The summed E-state index contributed by atoms with van der Waals surface area (Å²) in [6.07, 6.45) is -0.0242. The molecule has 7 heteroatoms. The van der Waals surface area contributed by atoms with Crippen molar-refractivity contribution in [3.05, 3.63) is 68.9 Å². The number of hydrogen-bond donors (Lipinski definition) is 2. The molecule has 0 aliphatic heterocycles. The van der Waals surface area contributed by atoms with Crippen LogP contribution in [0.2, 0.25) is 5.02 Å². The fraction of sp³-hybridized carbons (Fsp3) is 0.176. The SMILES string of the molecule is O=C(Cc1cccc(F)c1)N[C@H](Cc1cc(Cl)ccc1Br)C(=O)O. The summed E-state index contributed by atoms with van der Waals surface area (Å²) < 4.78 is 13.8. The van der Waals surface area contributed by atoms with Crippen LogP contribution in [-0.4, -0.2) is 23.0 Å². The Balaban J connectivity index is 2.06. The van der Waals surface area contributed by atoms with Gasteiger partial charge in [0.15, 0.2) is 0 Å². The van der Waals surface area contributed by atoms with Crippen LogP contribution in [-0.2, 0) is 22.4 Å². The number of halogens is 3. The van der Waals surface area contributed by atoms with Gasteiger partial charge in [0.05, 0.1) is 6.42 Å². The molecule has 1 amide bonds. The highest BCUT2D eigenvalue weighted by atomic mass is 79.9. The van der Waals surface area contributed by atoms with Gasteiger partial charge >= 0.3 is 5.97 Å². The highest BCUT2D eigenvalue weighted by Gasteiger charge is 2.21. The lowest BCUT2D eigenvalue weighted by atomic mass is 10.1. The van der Waals surface area contributed by atoms with Gasteiger partial charge in [0.2, 0.25) is 5.91 Å². The van der Waals surface area contributed by atoms with Crippen molar-refractivity contribution < 1.29 is 19.1 Å². The first kappa shape index (κ1) is 18.4. The Bertz CT molecular complexity index is 769. The number of aliphatic carboxylic acids is 1. The monoisotopic (exact) mass is 413 g/mol. The highest BCUT2D eigenvalue weighted by molar-refractivity contribution is 9.10. The summed E-state index contributed by atoms with van der Waals surface area (Å²) in [7, 11) is 0. The minimum atomic E-state index is -1.16. The standard InChI is InChI=1S/C17H14BrClFNO3/c18-14-5-4-12(19)8-11(14)9-15(17(23)24)21-16(22)7-10-2-1-3-13(20)6-10/h1-6,8,15H,7,9H2,(H,21,22)(H,23,24)/t15-/m1/s1. The van der Waals surface area contributed by atoms with E-state index in [2.05, 4.69) is 21.2 Å². The molecule has 4 nitrogen and oxygen atoms in total. The largest absolute Gasteiger partial charge is 0.480 e. The summed E-state index contributed by atoms with van der Waals surface area (Å²) in [6.45, 7) is 0. The highest BCUT2D eigenvalue weighted by Crippen LogP contribution is 2.22. The number of carboxylic acid groups (broad SMARTS) is 1. The van der Waals surface area contributed by atoms with E-state index < -0.39 is 23.7 Å². The smallest absolute Gasteiger partial charge is 0.326 e. The fourth-order valence-electron chi connectivity index (χ4n) is 2.20. The van der Waals surface area contributed by atoms with Gasteiger partial charge in [-0.3, -0.25) is 4.79 Å². The summed E-state index contributed by atoms with van der Waals surface area (Å²) in [4.78, 5) is 23.5. The Morgan fingerprint density at radius 2 is 2.00 bits per heavy atom. The van der Waals surface area contributed by atoms with Crippen molar-refractivity contribution in [1.29, 1.82) is 0 Å². The van der Waals surface area contributed by atoms with Crippen LogP contribution in [0.4, 0.5) is 4.39 Å². The van der Waals surface area contributed by atoms with Crippen LogP contribution in [0.15, 0.2) is 46.9 Å². The molecule has 0 bridgehead atoms. The molecule has 2 aromatic rings. The quantitative estimate of drug-likeness (QED) is 0.759. The number of rotatable bonds is 6. The van der Waals surface area contributed by atoms with Crippen molar-refractivity contribution in [1.82, 2.24) is 5.32 Å². The molecule has 0 saturated heterocycles. The van der Waals surface area contributed by atoms with E-state index in [1.165, 1.54) is 18.2 Å². The second-order valence-electron chi connectivity index (χ2n) is 5.20. The lowest BCUT2D eigenvalue weighted by Gasteiger charge is -2.16. The Hall–Kier alpha value is -1.92. The molecule has 2 rings (SSSR count). The molecule has 0 aliphatic rings. The maximum Gasteiger partial charge on any atom is 0.326 e. The van der Waals surface area contributed by atoms with E-state index in [1.54, 1.807) is 24.3 Å². The predicted molar refractivity (Wildman–Crippen MR) is 92.5 cm³/mol. The molecule has 0 spiro atoms. The second kappa shape index (κ2) is 8.26. The van der Waals surface area contributed by atoms with Gasteiger partial charge in [0.1, 0.15) is 11.9 Å². The molecule has 0 aromatic heterocycles. The van der Waals surface area contributed by atoms with Crippen LogP contribution in [0.3, 0.4) is 0 Å². The molecule has 2 aromatic carbocycles. The number of hydrogen-bond acceptors (Lipinski definition) is 2. The minimum Gasteiger partial charge on any atom is -0.480 e. The molecular formula is C17H14BrClFNO3. The molecule has 0 unspecified atom stereocenters. The topological polar surface area (TPSA) is 66.4 Å². The van der Waals surface area contributed by atoms with E-state index in [0.717, 1.165) is 0 Å². The van der Waals surface area contributed by atoms with E-state index in [0.29, 0.717) is 20.6 Å². The first-order valence-electron chi connectivity index (χ1n) is 7.05. The average Bonchev–Trinajstić information content (AvgIpc) is 2.50. The van der Waals surface area contributed by atoms with Crippen LogP contribution in [0.25, 0.3) is 0 Å². The van der Waals surface area contributed by atoms with Crippen molar-refractivity contribution >= 4 is 39.4 Å². The molecule has 1 atom stereocenters. The van der Waals surface area contributed by atoms with Gasteiger partial charge in [-0.1, -0.05) is 39.7 Å². The normalized spacial score (nSPS) is 11.8. The molecule has 0 saturated carbocycles. The summed E-state index contributed by atoms with van der Waals surface area (Å²) in [5, 5.41) is 12.3. The van der Waals surface area contributed by atoms with Gasteiger partial charge in [-0.25, -0.2) is 9.18 Å². The van der Waals surface area contributed by atoms with Crippen molar-refractivity contribution in [2.45, 2.75) is 18.9 Å². The molecule has 126 valence electrons. The molecule has 0 heterocycles. The van der Waals surface area contributed by atoms with Gasteiger partial charge in [-0.2, -0.15) is 0 Å². The second-order valence-corrected chi connectivity index (χ2v) is 6.50. The van der Waals surface area contributed by atoms with Crippen molar-refractivity contribution in [2.24, 2.45) is 0 Å². The van der Waals surface area contributed by atoms with Crippen LogP contribution < -0.4 is 5.32 Å². The predicted octanol–water partition coefficient (Wildman–Crippen LogP) is 3.60. The van der Waals surface area contributed by atoms with Gasteiger partial charge in [0, 0.05) is 15.9 Å². The Morgan fingerprint density at radius 1 is 1.25 bits per heavy atom. The zero-order valence-electron chi connectivity index (χ0n) is 12.4. The maximum atomic E-state index is 13.1. The lowest BCUT2D eigenvalue weighted by Crippen LogP contribution is -2.43. The number of carbonyl (C=O) groups excluding carboxylic acids is 1. The number of carboxylic acids is 1. The van der Waals surface area contributed by atoms with E-state index >= 15 is 0 Å². The average molecular weight is 415 g/mol. The molecule has 24 heavy (non-hydrogen) atoms. The number of benzene rings is 2. The van der Waals surface area contributed by atoms with Gasteiger partial charge in [-0.05, 0) is 41.5 Å². The third kappa shape index (κ3) is 5.32. The Labute approximate surface area is 151 Å². The third-order valence-electron chi connectivity index (χ3n) is 3.32. The van der Waals surface area contributed by atoms with Crippen molar-refractivity contribution in [2.75, 3.05) is 0 Å². The first-order chi connectivity index (χ1) is 11.3. The summed E-state index contributed by atoms with van der Waals surface area (Å²) in [6, 6.07) is 9.53. The molecule has 0 radical (unpaired) electrons. The number of carbonyl (C=O) groups is 2. The number of amides is 1. The van der Waals surface area contributed by atoms with Crippen LogP contribution in [0.1, 0.15) is 11.1 Å². The van der Waals surface area contributed by atoms with Crippen molar-refractivity contribution in [3.63, 3.8) is 0 Å². The van der Waals surface area contributed by atoms with Gasteiger partial charge < -0.3 is 10.4 Å². The lowest BCUT2D eigenvalue weighted by molar-refractivity contribution is -0.141. The van der Waals surface area contributed by atoms with E-state index in [-0.39, 0.29) is 12.8 Å². The summed E-state index contributed by atoms with van der Waals surface area (Å²) in [5.74, 6) is -2.10. The van der Waals surface area contributed by atoms with E-state index in [1.807, 2.05) is 0 Å². The van der Waals surface area contributed by atoms with Crippen LogP contribution in [0.5, 0.6) is 0 Å². The zero-order valence-corrected chi connectivity index (χ0v) is 14.8. The fourth-order valence-corrected chi connectivity index (χ4v) is 2.80. The van der Waals surface area contributed by atoms with E-state index in [4.69, 9.17) is 11.6 Å². The third-order valence-corrected chi connectivity index (χ3v) is 4.33. The van der Waals surface area contributed by atoms with Gasteiger partial charge in [-0.15, -0.1) is 0 Å². The summed E-state index contributed by atoms with van der Waals surface area (Å²) >= 11 is 9.25. The Kier molecular flexibility index (Phi) is 6.34. The maximum absolute atomic E-state index is 13.1. The number of nitrogens with one attached hydrogen (secondary N) is 1. The Morgan fingerprint density at radius 3 is 2.67 bits per heavy atom. The summed E-state index contributed by atoms with van der Waals surface area (Å²) in [5.41, 5.74) is 1.14. The molecule has 2 N–H and O–H groups in total. The van der Waals surface area contributed by atoms with Crippen molar-refractivity contribution in [3.8, 4) is 0 Å². The first-order valence-corrected chi connectivity index (χ1v) is 8.23. The van der Waals surface area contributed by atoms with Crippen LogP contribution >= 0.6 is 27.5 Å². The van der Waals surface area contributed by atoms with E-state index in [9.17, 15) is 19.1 Å². The molecule has 0 aliphatic carbocycles. The molecule has 0 fully saturated rings.